The molecule has 2 aromatic rings. The van der Waals surface area contributed by atoms with E-state index in [1.807, 2.05) is 0 Å². The number of aromatic carboxylic acids is 1. The molecule has 5 heteroatoms. The molecular weight excluding hydrogens is 275 g/mol. The summed E-state index contributed by atoms with van der Waals surface area (Å²) in [7, 11) is 0. The van der Waals surface area contributed by atoms with E-state index in [9.17, 15) is 4.79 Å². The van der Waals surface area contributed by atoms with Gasteiger partial charge < -0.3 is 9.84 Å². The van der Waals surface area contributed by atoms with E-state index >= 15 is 0 Å². The normalized spacial score (nSPS) is 10.1. The second kappa shape index (κ2) is 5.29. The second-order valence-corrected chi connectivity index (χ2v) is 4.35. The van der Waals surface area contributed by atoms with Crippen molar-refractivity contribution >= 4 is 29.2 Å². The average Bonchev–Trinajstić information content (AvgIpc) is 2.34. The Morgan fingerprint density at radius 1 is 1.00 bits per heavy atom. The van der Waals surface area contributed by atoms with Crippen LogP contribution in [0.1, 0.15) is 10.4 Å². The fourth-order valence-electron chi connectivity index (χ4n) is 1.37. The minimum Gasteiger partial charge on any atom is -0.478 e. The molecule has 2 aromatic carbocycles. The third-order valence-electron chi connectivity index (χ3n) is 2.22. The molecule has 0 atom stereocenters. The summed E-state index contributed by atoms with van der Waals surface area (Å²) in [5.74, 6) is -0.126. The van der Waals surface area contributed by atoms with Crippen LogP contribution in [-0.4, -0.2) is 11.1 Å². The number of carboxylic acid groups (broad SMARTS) is 1. The first kappa shape index (κ1) is 12.7. The van der Waals surface area contributed by atoms with E-state index in [0.717, 1.165) is 0 Å². The van der Waals surface area contributed by atoms with Crippen molar-refractivity contribution in [2.75, 3.05) is 0 Å². The van der Waals surface area contributed by atoms with E-state index in [0.29, 0.717) is 16.5 Å². The largest absolute Gasteiger partial charge is 0.478 e. The van der Waals surface area contributed by atoms with Crippen LogP contribution in [0.25, 0.3) is 0 Å². The Morgan fingerprint density at radius 2 is 1.61 bits per heavy atom. The van der Waals surface area contributed by atoms with Crippen molar-refractivity contribution in [2.24, 2.45) is 0 Å². The van der Waals surface area contributed by atoms with Gasteiger partial charge in [-0.05, 0) is 42.5 Å². The highest BCUT2D eigenvalue weighted by Crippen LogP contribution is 2.27. The predicted molar refractivity (Wildman–Crippen MR) is 69.9 cm³/mol. The van der Waals surface area contributed by atoms with Crippen LogP contribution < -0.4 is 4.74 Å². The molecule has 0 aliphatic heterocycles. The van der Waals surface area contributed by atoms with E-state index < -0.39 is 5.97 Å². The van der Waals surface area contributed by atoms with Crippen molar-refractivity contribution < 1.29 is 14.6 Å². The number of halogens is 2. The molecule has 0 aromatic heterocycles. The minimum absolute atomic E-state index is 0.00290. The Balaban J connectivity index is 2.27. The van der Waals surface area contributed by atoms with Gasteiger partial charge in [-0.15, -0.1) is 0 Å². The summed E-state index contributed by atoms with van der Waals surface area (Å²) in [6, 6.07) is 11.2. The maximum absolute atomic E-state index is 10.9. The van der Waals surface area contributed by atoms with Crippen LogP contribution in [0.5, 0.6) is 11.5 Å². The molecule has 0 radical (unpaired) electrons. The summed E-state index contributed by atoms with van der Waals surface area (Å²) in [4.78, 5) is 10.9. The van der Waals surface area contributed by atoms with Crippen LogP contribution in [0.3, 0.4) is 0 Å². The van der Waals surface area contributed by atoms with E-state index in [4.69, 9.17) is 33.0 Å². The Morgan fingerprint density at radius 3 is 2.22 bits per heavy atom. The zero-order valence-electron chi connectivity index (χ0n) is 9.06. The molecule has 2 rings (SSSR count). The van der Waals surface area contributed by atoms with Gasteiger partial charge in [-0.25, -0.2) is 4.79 Å². The third-order valence-corrected chi connectivity index (χ3v) is 2.80. The maximum Gasteiger partial charge on any atom is 0.337 e. The van der Waals surface area contributed by atoms with E-state index in [1.54, 1.807) is 30.3 Å². The van der Waals surface area contributed by atoms with Crippen LogP contribution in [0, 0.1) is 0 Å². The third kappa shape index (κ3) is 2.94. The molecule has 0 bridgehead atoms. The number of benzene rings is 2. The summed E-state index contributed by atoms with van der Waals surface area (Å²) in [6.45, 7) is 0. The SMILES string of the molecule is O=C(O)c1cc(Oc2ccc(Cl)cc2)ccc1Cl. The number of carbonyl (C=O) groups is 1. The lowest BCUT2D eigenvalue weighted by Gasteiger charge is -2.07. The van der Waals surface area contributed by atoms with Gasteiger partial charge >= 0.3 is 5.97 Å². The summed E-state index contributed by atoms with van der Waals surface area (Å²) in [5, 5.41) is 9.71. The van der Waals surface area contributed by atoms with Gasteiger partial charge in [-0.2, -0.15) is 0 Å². The topological polar surface area (TPSA) is 46.5 Å². The van der Waals surface area contributed by atoms with Gasteiger partial charge in [0.05, 0.1) is 10.6 Å². The zero-order valence-corrected chi connectivity index (χ0v) is 10.6. The van der Waals surface area contributed by atoms with Crippen LogP contribution in [0.15, 0.2) is 42.5 Å². The summed E-state index contributed by atoms with van der Waals surface area (Å²) < 4.78 is 5.50. The lowest BCUT2D eigenvalue weighted by Crippen LogP contribution is -1.97. The molecule has 0 aliphatic carbocycles. The van der Waals surface area contributed by atoms with Gasteiger partial charge in [-0.1, -0.05) is 23.2 Å². The van der Waals surface area contributed by atoms with Crippen molar-refractivity contribution in [3.63, 3.8) is 0 Å². The van der Waals surface area contributed by atoms with Crippen molar-refractivity contribution in [3.05, 3.63) is 58.1 Å². The summed E-state index contributed by atoms with van der Waals surface area (Å²) >= 11 is 11.5. The van der Waals surface area contributed by atoms with Gasteiger partial charge in [0, 0.05) is 5.02 Å². The molecule has 3 nitrogen and oxygen atoms in total. The first-order valence-corrected chi connectivity index (χ1v) is 5.78. The van der Waals surface area contributed by atoms with Crippen LogP contribution in [-0.2, 0) is 0 Å². The van der Waals surface area contributed by atoms with Crippen LogP contribution in [0.4, 0.5) is 0 Å². The molecule has 0 aliphatic rings. The number of ether oxygens (including phenoxy) is 1. The van der Waals surface area contributed by atoms with Crippen LogP contribution in [0.2, 0.25) is 10.0 Å². The van der Waals surface area contributed by atoms with Crippen molar-refractivity contribution in [3.8, 4) is 11.5 Å². The van der Waals surface area contributed by atoms with Gasteiger partial charge in [-0.3, -0.25) is 0 Å². The van der Waals surface area contributed by atoms with Crippen LogP contribution >= 0.6 is 23.2 Å². The molecule has 1 N–H and O–H groups in total. The van der Waals surface area contributed by atoms with E-state index in [1.165, 1.54) is 12.1 Å². The zero-order chi connectivity index (χ0) is 13.1. The fraction of sp³-hybridized carbons (Fsp3) is 0. The Labute approximate surface area is 114 Å². The first-order chi connectivity index (χ1) is 8.56. The van der Waals surface area contributed by atoms with Gasteiger partial charge in [0.1, 0.15) is 11.5 Å². The van der Waals surface area contributed by atoms with Gasteiger partial charge in [0.15, 0.2) is 0 Å². The maximum atomic E-state index is 10.9. The van der Waals surface area contributed by atoms with Crippen molar-refractivity contribution in [1.29, 1.82) is 0 Å². The molecule has 18 heavy (non-hydrogen) atoms. The Kier molecular flexibility index (Phi) is 3.75. The molecule has 92 valence electrons. The standard InChI is InChI=1S/C13H8Cl2O3/c14-8-1-3-9(4-2-8)18-10-5-6-12(15)11(7-10)13(16)17/h1-7H,(H,16,17). The fourth-order valence-corrected chi connectivity index (χ4v) is 1.69. The number of hydrogen-bond donors (Lipinski definition) is 1. The molecule has 0 saturated carbocycles. The molecule has 0 unspecified atom stereocenters. The minimum atomic E-state index is -1.10. The molecule has 0 saturated heterocycles. The first-order valence-electron chi connectivity index (χ1n) is 5.02. The number of hydrogen-bond acceptors (Lipinski definition) is 2. The average molecular weight is 283 g/mol. The van der Waals surface area contributed by atoms with E-state index in [-0.39, 0.29) is 10.6 Å². The Bertz CT molecular complexity index is 579. The summed E-state index contributed by atoms with van der Waals surface area (Å²) in [5.41, 5.74) is 0.00290. The van der Waals surface area contributed by atoms with Gasteiger partial charge in [0.2, 0.25) is 0 Å². The highest BCUT2D eigenvalue weighted by Gasteiger charge is 2.10. The van der Waals surface area contributed by atoms with Crippen molar-refractivity contribution in [2.45, 2.75) is 0 Å². The van der Waals surface area contributed by atoms with E-state index in [2.05, 4.69) is 0 Å². The molecular formula is C13H8Cl2O3. The molecule has 0 amide bonds. The van der Waals surface area contributed by atoms with Crippen molar-refractivity contribution in [1.82, 2.24) is 0 Å². The predicted octanol–water partition coefficient (Wildman–Crippen LogP) is 4.48. The highest BCUT2D eigenvalue weighted by molar-refractivity contribution is 6.33. The molecule has 0 heterocycles. The monoisotopic (exact) mass is 282 g/mol. The highest BCUT2D eigenvalue weighted by atomic mass is 35.5. The summed E-state index contributed by atoms with van der Waals surface area (Å²) in [6.07, 6.45) is 0. The smallest absolute Gasteiger partial charge is 0.337 e. The lowest BCUT2D eigenvalue weighted by atomic mass is 10.2. The second-order valence-electron chi connectivity index (χ2n) is 3.50. The molecule has 0 fully saturated rings. The van der Waals surface area contributed by atoms with Gasteiger partial charge in [0.25, 0.3) is 0 Å². The molecule has 0 spiro atoms. The number of rotatable bonds is 3. The number of carboxylic acids is 1. The quantitative estimate of drug-likeness (QED) is 0.903. The Hall–Kier alpha value is -1.71. The lowest BCUT2D eigenvalue weighted by molar-refractivity contribution is 0.0696.